The molecule has 0 heterocycles. The lowest BCUT2D eigenvalue weighted by atomic mass is 10.1. The summed E-state index contributed by atoms with van der Waals surface area (Å²) < 4.78 is 0.880. The van der Waals surface area contributed by atoms with Gasteiger partial charge in [0.25, 0.3) is 5.91 Å². The molecule has 0 unspecified atom stereocenters. The highest BCUT2D eigenvalue weighted by Crippen LogP contribution is 2.28. The van der Waals surface area contributed by atoms with E-state index >= 15 is 0 Å². The lowest BCUT2D eigenvalue weighted by molar-refractivity contribution is 0.0784. The fourth-order valence-electron chi connectivity index (χ4n) is 1.62. The number of amides is 1. The number of rotatable bonds is 2. The zero-order valence-electron chi connectivity index (χ0n) is 8.96. The van der Waals surface area contributed by atoms with Gasteiger partial charge >= 0.3 is 0 Å². The number of benzene rings is 1. The van der Waals surface area contributed by atoms with Crippen molar-refractivity contribution in [2.24, 2.45) is 0 Å². The highest BCUT2D eigenvalue weighted by atomic mass is 79.9. The lowest BCUT2D eigenvalue weighted by Gasteiger charge is -2.17. The quantitative estimate of drug-likeness (QED) is 0.807. The maximum absolute atomic E-state index is 12.1. The summed E-state index contributed by atoms with van der Waals surface area (Å²) in [5.41, 5.74) is 1.88. The van der Waals surface area contributed by atoms with Crippen LogP contribution in [0.1, 0.15) is 28.8 Å². The Morgan fingerprint density at radius 2 is 2.13 bits per heavy atom. The van der Waals surface area contributed by atoms with E-state index in [1.54, 1.807) is 0 Å². The summed E-state index contributed by atoms with van der Waals surface area (Å²) in [6.07, 6.45) is 2.29. The molecule has 15 heavy (non-hydrogen) atoms. The Bertz CT molecular complexity index is 399. The molecular weight excluding hydrogens is 254 g/mol. The molecule has 0 spiro atoms. The predicted octanol–water partition coefficient (Wildman–Crippen LogP) is 2.99. The number of carbonyl (C=O) groups excluding carboxylic acids is 1. The van der Waals surface area contributed by atoms with Crippen LogP contribution in [0.4, 0.5) is 0 Å². The maximum Gasteiger partial charge on any atom is 0.254 e. The first-order valence-electron chi connectivity index (χ1n) is 5.13. The Morgan fingerprint density at radius 3 is 2.73 bits per heavy atom. The van der Waals surface area contributed by atoms with Gasteiger partial charge in [-0.05, 0) is 47.8 Å². The second-order valence-electron chi connectivity index (χ2n) is 4.13. The first kappa shape index (κ1) is 10.7. The molecule has 1 aromatic carbocycles. The zero-order chi connectivity index (χ0) is 11.0. The normalized spacial score (nSPS) is 15.1. The van der Waals surface area contributed by atoms with Gasteiger partial charge in [-0.15, -0.1) is 0 Å². The number of hydrogen-bond acceptors (Lipinski definition) is 1. The molecular formula is C12H14BrNO. The van der Waals surface area contributed by atoms with Crippen LogP contribution in [-0.4, -0.2) is 23.9 Å². The second kappa shape index (κ2) is 3.97. The Morgan fingerprint density at radius 1 is 1.47 bits per heavy atom. The molecule has 1 aliphatic rings. The third-order valence-corrected chi connectivity index (χ3v) is 3.46. The fourth-order valence-corrected chi connectivity index (χ4v) is 2.04. The van der Waals surface area contributed by atoms with E-state index in [2.05, 4.69) is 15.9 Å². The Labute approximate surface area is 98.4 Å². The van der Waals surface area contributed by atoms with E-state index in [4.69, 9.17) is 0 Å². The molecule has 2 nitrogen and oxygen atoms in total. The third-order valence-electron chi connectivity index (χ3n) is 2.77. The van der Waals surface area contributed by atoms with E-state index in [0.717, 1.165) is 28.4 Å². The van der Waals surface area contributed by atoms with E-state index in [1.165, 1.54) is 0 Å². The monoisotopic (exact) mass is 267 g/mol. The topological polar surface area (TPSA) is 20.3 Å². The van der Waals surface area contributed by atoms with E-state index < -0.39 is 0 Å². The highest BCUT2D eigenvalue weighted by Gasteiger charge is 2.30. The van der Waals surface area contributed by atoms with Gasteiger partial charge in [-0.3, -0.25) is 4.79 Å². The van der Waals surface area contributed by atoms with Gasteiger partial charge in [-0.25, -0.2) is 0 Å². The largest absolute Gasteiger partial charge is 0.339 e. The van der Waals surface area contributed by atoms with Crippen molar-refractivity contribution < 1.29 is 4.79 Å². The van der Waals surface area contributed by atoms with Crippen LogP contribution in [0.3, 0.4) is 0 Å². The molecule has 2 rings (SSSR count). The van der Waals surface area contributed by atoms with Gasteiger partial charge in [0.2, 0.25) is 0 Å². The highest BCUT2D eigenvalue weighted by molar-refractivity contribution is 9.10. The van der Waals surface area contributed by atoms with Crippen molar-refractivity contribution in [1.29, 1.82) is 0 Å². The van der Waals surface area contributed by atoms with Crippen LogP contribution in [0.2, 0.25) is 0 Å². The molecule has 0 aromatic heterocycles. The van der Waals surface area contributed by atoms with E-state index in [-0.39, 0.29) is 5.91 Å². The van der Waals surface area contributed by atoms with Crippen LogP contribution in [-0.2, 0) is 0 Å². The summed E-state index contributed by atoms with van der Waals surface area (Å²) in [6, 6.07) is 6.33. The molecule has 0 radical (unpaired) electrons. The number of carbonyl (C=O) groups is 1. The third kappa shape index (κ3) is 2.23. The minimum Gasteiger partial charge on any atom is -0.339 e. The average molecular weight is 268 g/mol. The van der Waals surface area contributed by atoms with Gasteiger partial charge in [0.1, 0.15) is 0 Å². The molecule has 3 heteroatoms. The summed E-state index contributed by atoms with van der Waals surface area (Å²) in [5, 5.41) is 0. The van der Waals surface area contributed by atoms with Gasteiger partial charge in [-0.2, -0.15) is 0 Å². The number of hydrogen-bond donors (Lipinski definition) is 0. The molecule has 0 N–H and O–H groups in total. The Kier molecular flexibility index (Phi) is 2.83. The molecule has 80 valence electrons. The van der Waals surface area contributed by atoms with E-state index in [0.29, 0.717) is 6.04 Å². The molecule has 0 bridgehead atoms. The van der Waals surface area contributed by atoms with E-state index in [1.807, 2.05) is 37.1 Å². The molecule has 1 amide bonds. The lowest BCUT2D eigenvalue weighted by Crippen LogP contribution is -2.29. The molecule has 0 saturated heterocycles. The van der Waals surface area contributed by atoms with Gasteiger partial charge in [0, 0.05) is 17.6 Å². The van der Waals surface area contributed by atoms with Crippen molar-refractivity contribution in [3.05, 3.63) is 33.8 Å². The van der Waals surface area contributed by atoms with E-state index in [9.17, 15) is 4.79 Å². The summed E-state index contributed by atoms with van der Waals surface area (Å²) in [4.78, 5) is 13.9. The second-order valence-corrected chi connectivity index (χ2v) is 4.98. The van der Waals surface area contributed by atoms with Gasteiger partial charge in [0.15, 0.2) is 0 Å². The maximum atomic E-state index is 12.1. The van der Waals surface area contributed by atoms with Crippen molar-refractivity contribution in [2.75, 3.05) is 7.05 Å². The minimum atomic E-state index is 0.119. The summed E-state index contributed by atoms with van der Waals surface area (Å²) in [5.74, 6) is 0.119. The average Bonchev–Trinajstić information content (AvgIpc) is 3.03. The SMILES string of the molecule is Cc1ccc(Br)c(C(=O)N(C)C2CC2)c1. The van der Waals surface area contributed by atoms with Crippen molar-refractivity contribution in [2.45, 2.75) is 25.8 Å². The fraction of sp³-hybridized carbons (Fsp3) is 0.417. The summed E-state index contributed by atoms with van der Waals surface area (Å²) in [7, 11) is 1.88. The van der Waals surface area contributed by atoms with Gasteiger partial charge in [0.05, 0.1) is 5.56 Å². The van der Waals surface area contributed by atoms with Crippen LogP contribution in [0.25, 0.3) is 0 Å². The molecule has 1 fully saturated rings. The molecule has 1 saturated carbocycles. The van der Waals surface area contributed by atoms with Crippen LogP contribution in [0.15, 0.2) is 22.7 Å². The van der Waals surface area contributed by atoms with Crippen LogP contribution >= 0.6 is 15.9 Å². The number of aryl methyl sites for hydroxylation is 1. The summed E-state index contributed by atoms with van der Waals surface area (Å²) >= 11 is 3.42. The molecule has 1 aliphatic carbocycles. The van der Waals surface area contributed by atoms with Gasteiger partial charge < -0.3 is 4.90 Å². The van der Waals surface area contributed by atoms with Gasteiger partial charge in [-0.1, -0.05) is 11.6 Å². The van der Waals surface area contributed by atoms with Crippen LogP contribution < -0.4 is 0 Å². The smallest absolute Gasteiger partial charge is 0.254 e. The van der Waals surface area contributed by atoms with Crippen LogP contribution in [0.5, 0.6) is 0 Å². The number of halogens is 1. The standard InChI is InChI=1S/C12H14BrNO/c1-8-3-6-11(13)10(7-8)12(15)14(2)9-4-5-9/h3,6-7,9H,4-5H2,1-2H3. The molecule has 0 atom stereocenters. The van der Waals surface area contributed by atoms with Crippen molar-refractivity contribution in [1.82, 2.24) is 4.90 Å². The van der Waals surface area contributed by atoms with Crippen molar-refractivity contribution >= 4 is 21.8 Å². The Hall–Kier alpha value is -0.830. The molecule has 1 aromatic rings. The first-order valence-corrected chi connectivity index (χ1v) is 5.92. The Balaban J connectivity index is 2.27. The van der Waals surface area contributed by atoms with Crippen molar-refractivity contribution in [3.63, 3.8) is 0 Å². The first-order chi connectivity index (χ1) is 7.09. The van der Waals surface area contributed by atoms with Crippen molar-refractivity contribution in [3.8, 4) is 0 Å². The predicted molar refractivity (Wildman–Crippen MR) is 64.0 cm³/mol. The zero-order valence-corrected chi connectivity index (χ0v) is 10.5. The number of nitrogens with zero attached hydrogens (tertiary/aromatic N) is 1. The minimum absolute atomic E-state index is 0.119. The van der Waals surface area contributed by atoms with Crippen LogP contribution in [0, 0.1) is 6.92 Å². The molecule has 0 aliphatic heterocycles. The summed E-state index contributed by atoms with van der Waals surface area (Å²) in [6.45, 7) is 2.00.